The van der Waals surface area contributed by atoms with Gasteiger partial charge < -0.3 is 10.6 Å². The summed E-state index contributed by atoms with van der Waals surface area (Å²) >= 11 is 15.5. The lowest BCUT2D eigenvalue weighted by atomic mass is 10.2. The van der Waals surface area contributed by atoms with Crippen molar-refractivity contribution in [3.05, 3.63) is 56.5 Å². The minimum absolute atomic E-state index is 0.115. The van der Waals surface area contributed by atoms with Crippen molar-refractivity contribution >= 4 is 56.4 Å². The van der Waals surface area contributed by atoms with Gasteiger partial charge in [-0.15, -0.1) is 0 Å². The molecule has 0 unspecified atom stereocenters. The maximum atomic E-state index is 12.0. The smallest absolute Gasteiger partial charge is 0.243 e. The Hall–Kier alpha value is -1.23. The monoisotopic (exact) mass is 386 g/mol. The number of hydrogen-bond donors (Lipinski definition) is 2. The number of para-hydroxylation sites is 1. The molecule has 0 bridgehead atoms. The molecule has 3 nitrogen and oxygen atoms in total. The van der Waals surface area contributed by atoms with Gasteiger partial charge in [-0.1, -0.05) is 41.4 Å². The van der Waals surface area contributed by atoms with Gasteiger partial charge in [0.05, 0.1) is 22.3 Å². The van der Waals surface area contributed by atoms with Gasteiger partial charge in [0.1, 0.15) is 0 Å². The lowest BCUT2D eigenvalue weighted by Gasteiger charge is -2.12. The number of nitrogens with one attached hydrogen (secondary N) is 2. The second kappa shape index (κ2) is 7.16. The number of rotatable bonds is 4. The standard InChI is InChI=1S/C15H13BrCl2N2O/c1-9-4-2-7-12(14(9)16)19-8-13(21)20-15-10(17)5-3-6-11(15)18/h2-7,19H,8H2,1H3,(H,20,21). The van der Waals surface area contributed by atoms with Crippen LogP contribution < -0.4 is 10.6 Å². The fourth-order valence-corrected chi connectivity index (χ4v) is 2.66. The van der Waals surface area contributed by atoms with Crippen molar-refractivity contribution in [3.63, 3.8) is 0 Å². The third-order valence-electron chi connectivity index (χ3n) is 2.86. The Morgan fingerprint density at radius 1 is 1.14 bits per heavy atom. The predicted molar refractivity (Wildman–Crippen MR) is 92.5 cm³/mol. The van der Waals surface area contributed by atoms with E-state index in [4.69, 9.17) is 23.2 Å². The summed E-state index contributed by atoms with van der Waals surface area (Å²) in [5.74, 6) is -0.224. The third-order valence-corrected chi connectivity index (χ3v) is 4.54. The number of carbonyl (C=O) groups excluding carboxylic acids is 1. The van der Waals surface area contributed by atoms with Gasteiger partial charge in [0.2, 0.25) is 5.91 Å². The summed E-state index contributed by atoms with van der Waals surface area (Å²) in [5, 5.41) is 6.59. The molecule has 0 spiro atoms. The van der Waals surface area contributed by atoms with Crippen LogP contribution in [0.5, 0.6) is 0 Å². The first-order chi connectivity index (χ1) is 9.99. The van der Waals surface area contributed by atoms with Gasteiger partial charge in [0, 0.05) is 10.2 Å². The Labute approximate surface area is 141 Å². The molecule has 2 N–H and O–H groups in total. The summed E-state index contributed by atoms with van der Waals surface area (Å²) in [6.07, 6.45) is 0. The SMILES string of the molecule is Cc1cccc(NCC(=O)Nc2c(Cl)cccc2Cl)c1Br. The molecule has 0 radical (unpaired) electrons. The lowest BCUT2D eigenvalue weighted by Crippen LogP contribution is -2.22. The summed E-state index contributed by atoms with van der Waals surface area (Å²) in [5.41, 5.74) is 2.38. The Bertz CT molecular complexity index is 656. The fourth-order valence-electron chi connectivity index (χ4n) is 1.76. The average Bonchev–Trinajstić information content (AvgIpc) is 2.45. The van der Waals surface area contributed by atoms with E-state index in [-0.39, 0.29) is 12.5 Å². The van der Waals surface area contributed by atoms with Crippen molar-refractivity contribution in [2.45, 2.75) is 6.92 Å². The van der Waals surface area contributed by atoms with Crippen molar-refractivity contribution in [3.8, 4) is 0 Å². The summed E-state index contributed by atoms with van der Waals surface area (Å²) < 4.78 is 0.938. The minimum atomic E-state index is -0.224. The molecule has 2 aromatic rings. The maximum Gasteiger partial charge on any atom is 0.243 e. The molecule has 0 saturated carbocycles. The van der Waals surface area contributed by atoms with Gasteiger partial charge in [-0.25, -0.2) is 0 Å². The highest BCUT2D eigenvalue weighted by molar-refractivity contribution is 9.10. The van der Waals surface area contributed by atoms with E-state index in [0.717, 1.165) is 15.7 Å². The molecule has 2 aromatic carbocycles. The molecular weight excluding hydrogens is 375 g/mol. The van der Waals surface area contributed by atoms with Crippen LogP contribution in [-0.2, 0) is 4.79 Å². The normalized spacial score (nSPS) is 10.3. The molecule has 6 heteroatoms. The van der Waals surface area contributed by atoms with E-state index in [1.807, 2.05) is 25.1 Å². The molecule has 1 amide bonds. The topological polar surface area (TPSA) is 41.1 Å². The van der Waals surface area contributed by atoms with Crippen LogP contribution in [0.1, 0.15) is 5.56 Å². The zero-order valence-electron chi connectivity index (χ0n) is 11.2. The number of anilines is 2. The summed E-state index contributed by atoms with van der Waals surface area (Å²) in [4.78, 5) is 12.0. The number of amides is 1. The Morgan fingerprint density at radius 3 is 2.43 bits per heavy atom. The molecule has 0 fully saturated rings. The van der Waals surface area contributed by atoms with Gasteiger partial charge >= 0.3 is 0 Å². The number of carbonyl (C=O) groups is 1. The molecule has 0 heterocycles. The van der Waals surface area contributed by atoms with Crippen LogP contribution in [0.25, 0.3) is 0 Å². The first-order valence-electron chi connectivity index (χ1n) is 6.22. The van der Waals surface area contributed by atoms with E-state index in [9.17, 15) is 4.79 Å². The van der Waals surface area contributed by atoms with Crippen molar-refractivity contribution in [2.75, 3.05) is 17.2 Å². The highest BCUT2D eigenvalue weighted by Gasteiger charge is 2.10. The van der Waals surface area contributed by atoms with E-state index in [2.05, 4.69) is 26.6 Å². The fraction of sp³-hybridized carbons (Fsp3) is 0.133. The highest BCUT2D eigenvalue weighted by atomic mass is 79.9. The van der Waals surface area contributed by atoms with Crippen molar-refractivity contribution < 1.29 is 4.79 Å². The number of hydrogen-bond acceptors (Lipinski definition) is 2. The van der Waals surface area contributed by atoms with E-state index >= 15 is 0 Å². The van der Waals surface area contributed by atoms with Crippen LogP contribution in [0.2, 0.25) is 10.0 Å². The quantitative estimate of drug-likeness (QED) is 0.764. The predicted octanol–water partition coefficient (Wildman–Crippen LogP) is 5.11. The van der Waals surface area contributed by atoms with Gasteiger partial charge in [0.25, 0.3) is 0 Å². The maximum absolute atomic E-state index is 12.0. The summed E-state index contributed by atoms with van der Waals surface area (Å²) in [7, 11) is 0. The number of halogens is 3. The van der Waals surface area contributed by atoms with Gasteiger partial charge in [-0.05, 0) is 46.6 Å². The third kappa shape index (κ3) is 4.13. The van der Waals surface area contributed by atoms with Crippen molar-refractivity contribution in [1.29, 1.82) is 0 Å². The molecule has 110 valence electrons. The van der Waals surface area contributed by atoms with Crippen LogP contribution in [-0.4, -0.2) is 12.5 Å². The Morgan fingerprint density at radius 2 is 1.76 bits per heavy atom. The molecule has 0 aliphatic carbocycles. The first-order valence-corrected chi connectivity index (χ1v) is 7.77. The van der Waals surface area contributed by atoms with Crippen LogP contribution in [0, 0.1) is 6.92 Å². The molecule has 0 aromatic heterocycles. The molecule has 21 heavy (non-hydrogen) atoms. The number of aryl methyl sites for hydroxylation is 1. The second-order valence-electron chi connectivity index (χ2n) is 4.43. The van der Waals surface area contributed by atoms with Crippen LogP contribution in [0.4, 0.5) is 11.4 Å². The first kappa shape index (κ1) is 16.1. The van der Waals surface area contributed by atoms with E-state index < -0.39 is 0 Å². The van der Waals surface area contributed by atoms with E-state index in [1.165, 1.54) is 0 Å². The van der Waals surface area contributed by atoms with Crippen molar-refractivity contribution in [2.24, 2.45) is 0 Å². The zero-order valence-corrected chi connectivity index (χ0v) is 14.3. The van der Waals surface area contributed by atoms with Gasteiger partial charge in [0.15, 0.2) is 0 Å². The van der Waals surface area contributed by atoms with E-state index in [1.54, 1.807) is 18.2 Å². The molecule has 2 rings (SSSR count). The molecule has 0 aliphatic heterocycles. The molecule has 0 atom stereocenters. The Balaban J connectivity index is 2.01. The largest absolute Gasteiger partial charge is 0.375 e. The highest BCUT2D eigenvalue weighted by Crippen LogP contribution is 2.30. The van der Waals surface area contributed by atoms with Crippen LogP contribution >= 0.6 is 39.1 Å². The number of benzene rings is 2. The van der Waals surface area contributed by atoms with Crippen LogP contribution in [0.15, 0.2) is 40.9 Å². The summed E-state index contributed by atoms with van der Waals surface area (Å²) in [6.45, 7) is 2.10. The van der Waals surface area contributed by atoms with Crippen LogP contribution in [0.3, 0.4) is 0 Å². The molecule has 0 aliphatic rings. The Kier molecular flexibility index (Phi) is 5.51. The van der Waals surface area contributed by atoms with Gasteiger partial charge in [-0.3, -0.25) is 4.79 Å². The second-order valence-corrected chi connectivity index (χ2v) is 6.04. The van der Waals surface area contributed by atoms with E-state index in [0.29, 0.717) is 15.7 Å². The molecular formula is C15H13BrCl2N2O. The van der Waals surface area contributed by atoms with Gasteiger partial charge in [-0.2, -0.15) is 0 Å². The lowest BCUT2D eigenvalue weighted by molar-refractivity contribution is -0.114. The molecule has 0 saturated heterocycles. The summed E-state index contributed by atoms with van der Waals surface area (Å²) in [6, 6.07) is 10.9. The minimum Gasteiger partial charge on any atom is -0.375 e. The zero-order chi connectivity index (χ0) is 15.4. The van der Waals surface area contributed by atoms with Crippen molar-refractivity contribution in [1.82, 2.24) is 0 Å². The average molecular weight is 388 g/mol.